The van der Waals surface area contributed by atoms with Crippen molar-refractivity contribution in [2.75, 3.05) is 45.3 Å². The van der Waals surface area contributed by atoms with Crippen LogP contribution in [-0.4, -0.2) is 58.6 Å². The molecule has 0 saturated carbocycles. The third-order valence-electron chi connectivity index (χ3n) is 2.94. The molecular weight excluding hydrogens is 276 g/mol. The van der Waals surface area contributed by atoms with Gasteiger partial charge in [0.2, 0.25) is 0 Å². The maximum absolute atomic E-state index is 11.0. The van der Waals surface area contributed by atoms with E-state index in [1.165, 1.54) is 11.8 Å². The monoisotopic (exact) mass is 300 g/mol. The lowest BCUT2D eigenvalue weighted by molar-refractivity contribution is 0.244. The molecule has 0 spiro atoms. The molecule has 0 aliphatic heterocycles. The fourth-order valence-electron chi connectivity index (χ4n) is 1.67. The Morgan fingerprint density at radius 1 is 1.20 bits per heavy atom. The highest BCUT2D eigenvalue weighted by Crippen LogP contribution is 2.12. The lowest BCUT2D eigenvalue weighted by Gasteiger charge is -2.16. The topological polar surface area (TPSA) is 72.6 Å². The maximum Gasteiger partial charge on any atom is 0.148 e. The minimum atomic E-state index is -2.90. The van der Waals surface area contributed by atoms with Crippen LogP contribution in [0.1, 0.15) is 5.56 Å². The van der Waals surface area contributed by atoms with Gasteiger partial charge in [-0.2, -0.15) is 0 Å². The average molecular weight is 300 g/mol. The first kappa shape index (κ1) is 16.9. The van der Waals surface area contributed by atoms with Crippen LogP contribution in [0.15, 0.2) is 24.3 Å². The van der Waals surface area contributed by atoms with Crippen molar-refractivity contribution in [1.29, 1.82) is 0 Å². The van der Waals surface area contributed by atoms with Gasteiger partial charge in [0, 0.05) is 19.3 Å². The Balaban J connectivity index is 2.26. The Kier molecular flexibility index (Phi) is 6.98. The second kappa shape index (κ2) is 8.24. The molecule has 1 rings (SSSR count). The molecule has 0 amide bonds. The second-order valence-corrected chi connectivity index (χ2v) is 7.22. The van der Waals surface area contributed by atoms with E-state index >= 15 is 0 Å². The zero-order valence-corrected chi connectivity index (χ0v) is 13.0. The molecule has 0 aliphatic rings. The molecule has 1 aromatic carbocycles. The van der Waals surface area contributed by atoms with Crippen LogP contribution < -0.4 is 10.5 Å². The van der Waals surface area contributed by atoms with Crippen LogP contribution >= 0.6 is 0 Å². The predicted molar refractivity (Wildman–Crippen MR) is 81.9 cm³/mol. The average Bonchev–Trinajstić information content (AvgIpc) is 2.38. The summed E-state index contributed by atoms with van der Waals surface area (Å²) in [4.78, 5) is 1.95. The highest BCUT2D eigenvalue weighted by atomic mass is 32.2. The van der Waals surface area contributed by atoms with Gasteiger partial charge < -0.3 is 15.4 Å². The van der Waals surface area contributed by atoms with E-state index in [0.29, 0.717) is 26.2 Å². The molecule has 114 valence electrons. The van der Waals surface area contributed by atoms with Gasteiger partial charge in [-0.25, -0.2) is 8.42 Å². The maximum atomic E-state index is 11.0. The third-order valence-corrected chi connectivity index (χ3v) is 3.87. The number of nitrogens with zero attached hydrogens (tertiary/aromatic N) is 1. The van der Waals surface area contributed by atoms with Crippen molar-refractivity contribution < 1.29 is 13.2 Å². The number of rotatable bonds is 9. The summed E-state index contributed by atoms with van der Waals surface area (Å²) in [6.07, 6.45) is 2.12. The summed E-state index contributed by atoms with van der Waals surface area (Å²) in [6, 6.07) is 7.88. The van der Waals surface area contributed by atoms with E-state index in [2.05, 4.69) is 0 Å². The van der Waals surface area contributed by atoms with E-state index in [9.17, 15) is 8.42 Å². The van der Waals surface area contributed by atoms with Crippen LogP contribution in [0.25, 0.3) is 0 Å². The van der Waals surface area contributed by atoms with Gasteiger partial charge in [-0.15, -0.1) is 0 Å². The fourth-order valence-corrected chi connectivity index (χ4v) is 2.32. The summed E-state index contributed by atoms with van der Waals surface area (Å²) in [7, 11) is -1.01. The Morgan fingerprint density at radius 3 is 2.40 bits per heavy atom. The van der Waals surface area contributed by atoms with E-state index in [4.69, 9.17) is 10.5 Å². The van der Waals surface area contributed by atoms with Gasteiger partial charge in [0.1, 0.15) is 22.2 Å². The van der Waals surface area contributed by atoms with E-state index in [-0.39, 0.29) is 5.75 Å². The van der Waals surface area contributed by atoms with Crippen LogP contribution in [0, 0.1) is 0 Å². The van der Waals surface area contributed by atoms with Gasteiger partial charge in [-0.1, -0.05) is 12.1 Å². The van der Waals surface area contributed by atoms with Crippen molar-refractivity contribution >= 4 is 9.84 Å². The molecule has 0 radical (unpaired) electrons. The molecular formula is C14H24N2O3S. The Hall–Kier alpha value is -1.11. The first-order chi connectivity index (χ1) is 9.40. The van der Waals surface area contributed by atoms with Gasteiger partial charge in [-0.3, -0.25) is 0 Å². The number of benzene rings is 1. The van der Waals surface area contributed by atoms with Crippen LogP contribution in [-0.2, 0) is 16.3 Å². The van der Waals surface area contributed by atoms with Crippen molar-refractivity contribution in [3.8, 4) is 5.75 Å². The number of hydrogen-bond donors (Lipinski definition) is 1. The summed E-state index contributed by atoms with van der Waals surface area (Å²) in [5.74, 6) is 0.999. The number of nitrogens with two attached hydrogens (primary N) is 1. The summed E-state index contributed by atoms with van der Waals surface area (Å²) in [5, 5.41) is 0. The van der Waals surface area contributed by atoms with Crippen molar-refractivity contribution in [2.45, 2.75) is 6.42 Å². The van der Waals surface area contributed by atoms with E-state index in [1.54, 1.807) is 0 Å². The van der Waals surface area contributed by atoms with Crippen LogP contribution in [0.5, 0.6) is 5.75 Å². The van der Waals surface area contributed by atoms with Gasteiger partial charge >= 0.3 is 0 Å². The van der Waals surface area contributed by atoms with E-state index in [1.807, 2.05) is 36.2 Å². The summed E-state index contributed by atoms with van der Waals surface area (Å²) >= 11 is 0. The van der Waals surface area contributed by atoms with Crippen LogP contribution in [0.2, 0.25) is 0 Å². The molecule has 0 saturated heterocycles. The quantitative estimate of drug-likeness (QED) is 0.721. The first-order valence-electron chi connectivity index (χ1n) is 6.69. The molecule has 2 N–H and O–H groups in total. The highest BCUT2D eigenvalue weighted by molar-refractivity contribution is 7.90. The number of likely N-dealkylation sites (N-methyl/N-ethyl adjacent to an activating group) is 1. The van der Waals surface area contributed by atoms with Crippen molar-refractivity contribution in [1.82, 2.24) is 4.90 Å². The smallest absolute Gasteiger partial charge is 0.148 e. The fraction of sp³-hybridized carbons (Fsp3) is 0.571. The van der Waals surface area contributed by atoms with Gasteiger partial charge in [-0.05, 0) is 37.7 Å². The SMILES string of the molecule is CN(CCOc1ccc(CCN)cc1)CCS(C)(=O)=O. The normalized spacial score (nSPS) is 11.8. The van der Waals surface area contributed by atoms with Crippen molar-refractivity contribution in [3.05, 3.63) is 29.8 Å². The first-order valence-corrected chi connectivity index (χ1v) is 8.75. The molecule has 0 atom stereocenters. The van der Waals surface area contributed by atoms with E-state index < -0.39 is 9.84 Å². The summed E-state index contributed by atoms with van der Waals surface area (Å²) in [5.41, 5.74) is 6.69. The molecule has 20 heavy (non-hydrogen) atoms. The molecule has 0 unspecified atom stereocenters. The van der Waals surface area contributed by atoms with Crippen LogP contribution in [0.3, 0.4) is 0 Å². The highest BCUT2D eigenvalue weighted by Gasteiger charge is 2.05. The standard InChI is InChI=1S/C14H24N2O3S/c1-16(10-12-20(2,17)18)9-11-19-14-5-3-13(4-6-14)7-8-15/h3-6H,7-12,15H2,1-2H3. The summed E-state index contributed by atoms with van der Waals surface area (Å²) in [6.45, 7) is 2.40. The molecule has 0 aromatic heterocycles. The lowest BCUT2D eigenvalue weighted by atomic mass is 10.1. The molecule has 0 aliphatic carbocycles. The van der Waals surface area contributed by atoms with Gasteiger partial charge in [0.15, 0.2) is 0 Å². The zero-order valence-electron chi connectivity index (χ0n) is 12.2. The predicted octanol–water partition coefficient (Wildman–Crippen LogP) is 0.543. The number of ether oxygens (including phenoxy) is 1. The molecule has 0 fully saturated rings. The minimum Gasteiger partial charge on any atom is -0.492 e. The molecule has 0 bridgehead atoms. The lowest BCUT2D eigenvalue weighted by Crippen LogP contribution is -2.29. The molecule has 0 heterocycles. The summed E-state index contributed by atoms with van der Waals surface area (Å²) < 4.78 is 27.7. The van der Waals surface area contributed by atoms with Crippen LogP contribution in [0.4, 0.5) is 0 Å². The largest absolute Gasteiger partial charge is 0.492 e. The number of sulfone groups is 1. The van der Waals surface area contributed by atoms with E-state index in [0.717, 1.165) is 12.2 Å². The third kappa shape index (κ3) is 7.47. The zero-order chi connectivity index (χ0) is 15.0. The van der Waals surface area contributed by atoms with Gasteiger partial charge in [0.25, 0.3) is 0 Å². The Bertz CT molecular complexity index is 486. The molecule has 5 nitrogen and oxygen atoms in total. The van der Waals surface area contributed by atoms with Gasteiger partial charge in [0.05, 0.1) is 5.75 Å². The Morgan fingerprint density at radius 2 is 1.85 bits per heavy atom. The van der Waals surface area contributed by atoms with Crippen molar-refractivity contribution in [3.63, 3.8) is 0 Å². The minimum absolute atomic E-state index is 0.178. The Labute approximate surface area is 121 Å². The van der Waals surface area contributed by atoms with Crippen molar-refractivity contribution in [2.24, 2.45) is 5.73 Å². The molecule has 1 aromatic rings. The second-order valence-electron chi connectivity index (χ2n) is 4.96. The molecule has 6 heteroatoms. The number of hydrogen-bond acceptors (Lipinski definition) is 5.